The molecule has 110 valence electrons. The first kappa shape index (κ1) is 15.4. The van der Waals surface area contributed by atoms with E-state index in [2.05, 4.69) is 35.1 Å². The lowest BCUT2D eigenvalue weighted by atomic mass is 9.72. The van der Waals surface area contributed by atoms with Gasteiger partial charge in [0.1, 0.15) is 5.54 Å². The number of halogens is 1. The summed E-state index contributed by atoms with van der Waals surface area (Å²) in [5, 5.41) is 12.9. The molecule has 1 aliphatic rings. The summed E-state index contributed by atoms with van der Waals surface area (Å²) in [6.07, 6.45) is 3.35. The van der Waals surface area contributed by atoms with E-state index in [1.807, 2.05) is 24.3 Å². The summed E-state index contributed by atoms with van der Waals surface area (Å²) in [6, 6.07) is 7.70. The predicted octanol–water partition coefficient (Wildman–Crippen LogP) is 4.53. The quantitative estimate of drug-likeness (QED) is 0.847. The van der Waals surface area contributed by atoms with Crippen molar-refractivity contribution in [2.24, 2.45) is 11.8 Å². The first-order chi connectivity index (χ1) is 9.43. The van der Waals surface area contributed by atoms with Gasteiger partial charge in [-0.05, 0) is 61.8 Å². The summed E-state index contributed by atoms with van der Waals surface area (Å²) in [5.41, 5.74) is 0.0674. The van der Waals surface area contributed by atoms with Crippen LogP contribution in [0.4, 0.5) is 5.69 Å². The first-order valence-electron chi connectivity index (χ1n) is 7.20. The molecule has 0 bridgehead atoms. The molecule has 20 heavy (non-hydrogen) atoms. The topological polar surface area (TPSA) is 49.3 Å². The Balaban J connectivity index is 2.12. The van der Waals surface area contributed by atoms with Gasteiger partial charge in [-0.25, -0.2) is 4.79 Å². The third kappa shape index (κ3) is 3.35. The van der Waals surface area contributed by atoms with Crippen LogP contribution in [0.3, 0.4) is 0 Å². The normalized spacial score (nSPS) is 26.5. The maximum Gasteiger partial charge on any atom is 0.329 e. The monoisotopic (exact) mass is 339 g/mol. The van der Waals surface area contributed by atoms with Crippen molar-refractivity contribution in [2.45, 2.75) is 45.1 Å². The Morgan fingerprint density at radius 1 is 1.30 bits per heavy atom. The van der Waals surface area contributed by atoms with Crippen LogP contribution in [0.5, 0.6) is 0 Å². The lowest BCUT2D eigenvalue weighted by molar-refractivity contribution is -0.144. The SMILES string of the molecule is CC(C)C1CCC(Nc2ccc(Br)cc2)(C(=O)O)CC1. The first-order valence-corrected chi connectivity index (χ1v) is 7.99. The highest BCUT2D eigenvalue weighted by Gasteiger charge is 2.42. The summed E-state index contributed by atoms with van der Waals surface area (Å²) in [6.45, 7) is 4.45. The highest BCUT2D eigenvalue weighted by atomic mass is 79.9. The Morgan fingerprint density at radius 2 is 1.85 bits per heavy atom. The van der Waals surface area contributed by atoms with Gasteiger partial charge in [-0.3, -0.25) is 0 Å². The molecule has 0 aliphatic heterocycles. The molecular weight excluding hydrogens is 318 g/mol. The van der Waals surface area contributed by atoms with E-state index in [0.29, 0.717) is 24.7 Å². The van der Waals surface area contributed by atoms with Crippen molar-refractivity contribution < 1.29 is 9.90 Å². The van der Waals surface area contributed by atoms with E-state index in [0.717, 1.165) is 23.0 Å². The molecule has 3 nitrogen and oxygen atoms in total. The summed E-state index contributed by atoms with van der Waals surface area (Å²) in [5.74, 6) is 0.547. The smallest absolute Gasteiger partial charge is 0.329 e. The van der Waals surface area contributed by atoms with Crippen LogP contribution in [-0.2, 0) is 4.79 Å². The van der Waals surface area contributed by atoms with Crippen LogP contribution in [0.2, 0.25) is 0 Å². The van der Waals surface area contributed by atoms with Gasteiger partial charge in [0.25, 0.3) is 0 Å². The molecule has 2 N–H and O–H groups in total. The Morgan fingerprint density at radius 3 is 2.30 bits per heavy atom. The minimum Gasteiger partial charge on any atom is -0.480 e. The van der Waals surface area contributed by atoms with Gasteiger partial charge in [0, 0.05) is 10.2 Å². The van der Waals surface area contributed by atoms with Crippen molar-refractivity contribution in [3.05, 3.63) is 28.7 Å². The standard InChI is InChI=1S/C16H22BrNO2/c1-11(2)12-7-9-16(10-8-12,15(19)20)18-14-5-3-13(17)4-6-14/h3-6,11-12,18H,7-10H2,1-2H3,(H,19,20). The molecule has 0 amide bonds. The third-order valence-electron chi connectivity index (χ3n) is 4.46. The number of aliphatic carboxylic acids is 1. The molecule has 1 fully saturated rings. The van der Waals surface area contributed by atoms with Gasteiger partial charge < -0.3 is 10.4 Å². The molecule has 1 aromatic carbocycles. The number of nitrogens with one attached hydrogen (secondary N) is 1. The zero-order valence-electron chi connectivity index (χ0n) is 12.0. The lowest BCUT2D eigenvalue weighted by Gasteiger charge is -2.39. The van der Waals surface area contributed by atoms with Crippen molar-refractivity contribution in [2.75, 3.05) is 5.32 Å². The second-order valence-electron chi connectivity index (χ2n) is 6.10. The summed E-state index contributed by atoms with van der Waals surface area (Å²) < 4.78 is 0.996. The maximum absolute atomic E-state index is 11.8. The second-order valence-corrected chi connectivity index (χ2v) is 7.02. The molecule has 0 heterocycles. The molecular formula is C16H22BrNO2. The van der Waals surface area contributed by atoms with Gasteiger partial charge >= 0.3 is 5.97 Å². The van der Waals surface area contributed by atoms with E-state index in [1.165, 1.54) is 0 Å². The van der Waals surface area contributed by atoms with Gasteiger partial charge in [-0.2, -0.15) is 0 Å². The van der Waals surface area contributed by atoms with Crippen molar-refractivity contribution in [3.8, 4) is 0 Å². The number of rotatable bonds is 4. The largest absolute Gasteiger partial charge is 0.480 e. The van der Waals surface area contributed by atoms with E-state index in [1.54, 1.807) is 0 Å². The van der Waals surface area contributed by atoms with Crippen LogP contribution in [0.15, 0.2) is 28.7 Å². The minimum atomic E-state index is -0.806. The third-order valence-corrected chi connectivity index (χ3v) is 4.99. The van der Waals surface area contributed by atoms with Crippen LogP contribution in [-0.4, -0.2) is 16.6 Å². The summed E-state index contributed by atoms with van der Waals surface area (Å²) in [7, 11) is 0. The molecule has 0 saturated heterocycles. The van der Waals surface area contributed by atoms with E-state index < -0.39 is 11.5 Å². The van der Waals surface area contributed by atoms with Gasteiger partial charge in [-0.15, -0.1) is 0 Å². The van der Waals surface area contributed by atoms with E-state index in [4.69, 9.17) is 0 Å². The molecule has 0 atom stereocenters. The van der Waals surface area contributed by atoms with Gasteiger partial charge in [0.2, 0.25) is 0 Å². The Bertz CT molecular complexity index is 462. The Kier molecular flexibility index (Phi) is 4.74. The molecule has 1 aromatic rings. The van der Waals surface area contributed by atoms with Crippen LogP contribution in [0.1, 0.15) is 39.5 Å². The number of carboxylic acids is 1. The average Bonchev–Trinajstić information content (AvgIpc) is 2.42. The van der Waals surface area contributed by atoms with Crippen LogP contribution in [0, 0.1) is 11.8 Å². The van der Waals surface area contributed by atoms with Crippen LogP contribution < -0.4 is 5.32 Å². The number of carbonyl (C=O) groups is 1. The number of hydrogen-bond acceptors (Lipinski definition) is 2. The molecule has 1 saturated carbocycles. The summed E-state index contributed by atoms with van der Waals surface area (Å²) in [4.78, 5) is 11.8. The highest BCUT2D eigenvalue weighted by Crippen LogP contribution is 2.38. The fourth-order valence-corrected chi connectivity index (χ4v) is 3.27. The number of benzene rings is 1. The van der Waals surface area contributed by atoms with Crippen molar-refractivity contribution in [3.63, 3.8) is 0 Å². The highest BCUT2D eigenvalue weighted by molar-refractivity contribution is 9.10. The van der Waals surface area contributed by atoms with Crippen LogP contribution in [0.25, 0.3) is 0 Å². The van der Waals surface area contributed by atoms with Crippen LogP contribution >= 0.6 is 15.9 Å². The number of anilines is 1. The molecule has 0 aromatic heterocycles. The fraction of sp³-hybridized carbons (Fsp3) is 0.562. The molecule has 1 aliphatic carbocycles. The van der Waals surface area contributed by atoms with Gasteiger partial charge in [-0.1, -0.05) is 29.8 Å². The van der Waals surface area contributed by atoms with Gasteiger partial charge in [0.05, 0.1) is 0 Å². The Labute approximate surface area is 128 Å². The molecule has 0 spiro atoms. The number of carboxylic acid groups (broad SMARTS) is 1. The maximum atomic E-state index is 11.8. The molecule has 2 rings (SSSR count). The molecule has 0 unspecified atom stereocenters. The zero-order chi connectivity index (χ0) is 14.8. The van der Waals surface area contributed by atoms with E-state index in [9.17, 15) is 9.90 Å². The lowest BCUT2D eigenvalue weighted by Crippen LogP contribution is -2.49. The second kappa shape index (κ2) is 6.17. The summed E-state index contributed by atoms with van der Waals surface area (Å²) >= 11 is 3.39. The molecule has 0 radical (unpaired) electrons. The van der Waals surface area contributed by atoms with E-state index in [-0.39, 0.29) is 0 Å². The molecule has 4 heteroatoms. The van der Waals surface area contributed by atoms with Crippen molar-refractivity contribution >= 4 is 27.6 Å². The van der Waals surface area contributed by atoms with Gasteiger partial charge in [0.15, 0.2) is 0 Å². The minimum absolute atomic E-state index is 0.634. The number of hydrogen-bond donors (Lipinski definition) is 2. The van der Waals surface area contributed by atoms with E-state index >= 15 is 0 Å². The predicted molar refractivity (Wildman–Crippen MR) is 84.9 cm³/mol. The van der Waals surface area contributed by atoms with Crippen molar-refractivity contribution in [1.29, 1.82) is 0 Å². The zero-order valence-corrected chi connectivity index (χ0v) is 13.6. The average molecular weight is 340 g/mol. The van der Waals surface area contributed by atoms with Crippen molar-refractivity contribution in [1.82, 2.24) is 0 Å². The fourth-order valence-electron chi connectivity index (χ4n) is 3.00. The Hall–Kier alpha value is -1.03.